The predicted octanol–water partition coefficient (Wildman–Crippen LogP) is 8.53. The molecule has 2 saturated carbocycles. The third-order valence-electron chi connectivity index (χ3n) is 7.73. The molecule has 28 heavy (non-hydrogen) atoms. The highest BCUT2D eigenvalue weighted by atomic mass is 16.5. The Labute approximate surface area is 174 Å². The molecule has 0 radical (unpaired) electrons. The summed E-state index contributed by atoms with van der Waals surface area (Å²) in [6.45, 7) is 5.54. The molecular formula is C27H44O. The quantitative estimate of drug-likeness (QED) is 0.367. The minimum absolute atomic E-state index is 0.782. The maximum atomic E-state index is 6.05. The van der Waals surface area contributed by atoms with Crippen molar-refractivity contribution in [3.63, 3.8) is 0 Å². The number of rotatable bonds is 10. The Morgan fingerprint density at radius 2 is 1.29 bits per heavy atom. The SMILES string of the molecule is CCCCC1CCC(CCCOc2ccc(C3CCC(CC)CC3)cc2)CC1. The summed E-state index contributed by atoms with van der Waals surface area (Å²) in [4.78, 5) is 0. The van der Waals surface area contributed by atoms with E-state index in [-0.39, 0.29) is 0 Å². The summed E-state index contributed by atoms with van der Waals surface area (Å²) in [7, 11) is 0. The molecule has 0 atom stereocenters. The van der Waals surface area contributed by atoms with Crippen LogP contribution >= 0.6 is 0 Å². The zero-order chi connectivity index (χ0) is 19.6. The second-order valence-corrected chi connectivity index (χ2v) is 9.71. The highest BCUT2D eigenvalue weighted by Crippen LogP contribution is 2.37. The van der Waals surface area contributed by atoms with Gasteiger partial charge in [-0.05, 0) is 79.9 Å². The van der Waals surface area contributed by atoms with Gasteiger partial charge in [-0.25, -0.2) is 0 Å². The molecule has 3 rings (SSSR count). The molecule has 0 aromatic heterocycles. The van der Waals surface area contributed by atoms with Crippen LogP contribution in [0.2, 0.25) is 0 Å². The van der Waals surface area contributed by atoms with Crippen LogP contribution in [0.25, 0.3) is 0 Å². The van der Waals surface area contributed by atoms with Crippen LogP contribution in [-0.2, 0) is 0 Å². The minimum Gasteiger partial charge on any atom is -0.494 e. The van der Waals surface area contributed by atoms with Gasteiger partial charge >= 0.3 is 0 Å². The molecule has 1 heteroatoms. The van der Waals surface area contributed by atoms with Crippen molar-refractivity contribution in [3.8, 4) is 5.75 Å². The molecule has 1 nitrogen and oxygen atoms in total. The van der Waals surface area contributed by atoms with E-state index in [0.717, 1.165) is 36.0 Å². The van der Waals surface area contributed by atoms with Crippen molar-refractivity contribution in [1.82, 2.24) is 0 Å². The van der Waals surface area contributed by atoms with Crippen molar-refractivity contribution < 1.29 is 4.74 Å². The Morgan fingerprint density at radius 3 is 1.86 bits per heavy atom. The number of unbranched alkanes of at least 4 members (excludes halogenated alkanes) is 1. The van der Waals surface area contributed by atoms with Crippen LogP contribution in [0, 0.1) is 17.8 Å². The normalized spacial score (nSPS) is 28.2. The van der Waals surface area contributed by atoms with Gasteiger partial charge in [0.05, 0.1) is 6.61 Å². The van der Waals surface area contributed by atoms with Gasteiger partial charge < -0.3 is 4.74 Å². The van der Waals surface area contributed by atoms with Crippen molar-refractivity contribution in [2.24, 2.45) is 17.8 Å². The summed E-state index contributed by atoms with van der Waals surface area (Å²) >= 11 is 0. The number of hydrogen-bond acceptors (Lipinski definition) is 1. The fourth-order valence-electron chi connectivity index (χ4n) is 5.60. The van der Waals surface area contributed by atoms with Gasteiger partial charge in [0.2, 0.25) is 0 Å². The maximum Gasteiger partial charge on any atom is 0.119 e. The minimum atomic E-state index is 0.782. The summed E-state index contributed by atoms with van der Waals surface area (Å²) in [5.41, 5.74) is 1.53. The van der Waals surface area contributed by atoms with Gasteiger partial charge in [-0.15, -0.1) is 0 Å². The molecule has 0 aliphatic heterocycles. The van der Waals surface area contributed by atoms with Crippen molar-refractivity contribution in [3.05, 3.63) is 29.8 Å². The molecule has 0 spiro atoms. The highest BCUT2D eigenvalue weighted by molar-refractivity contribution is 5.29. The van der Waals surface area contributed by atoms with Gasteiger partial charge in [0, 0.05) is 0 Å². The van der Waals surface area contributed by atoms with E-state index >= 15 is 0 Å². The lowest BCUT2D eigenvalue weighted by atomic mass is 9.78. The van der Waals surface area contributed by atoms with E-state index < -0.39 is 0 Å². The van der Waals surface area contributed by atoms with Crippen molar-refractivity contribution in [2.75, 3.05) is 6.61 Å². The Bertz CT molecular complexity index is 518. The fraction of sp³-hybridized carbons (Fsp3) is 0.778. The first-order chi connectivity index (χ1) is 13.8. The van der Waals surface area contributed by atoms with Crippen molar-refractivity contribution in [2.45, 2.75) is 110 Å². The number of benzene rings is 1. The average Bonchev–Trinajstić information content (AvgIpc) is 2.76. The summed E-state index contributed by atoms with van der Waals surface area (Å²) in [6, 6.07) is 9.06. The lowest BCUT2D eigenvalue weighted by Gasteiger charge is -2.28. The first-order valence-electron chi connectivity index (χ1n) is 12.5. The molecule has 0 N–H and O–H groups in total. The first kappa shape index (κ1) is 21.7. The molecule has 0 amide bonds. The fourth-order valence-corrected chi connectivity index (χ4v) is 5.60. The van der Waals surface area contributed by atoms with Crippen molar-refractivity contribution >= 4 is 0 Å². The van der Waals surface area contributed by atoms with Crippen LogP contribution < -0.4 is 4.74 Å². The predicted molar refractivity (Wildman–Crippen MR) is 121 cm³/mol. The molecule has 158 valence electrons. The van der Waals surface area contributed by atoms with E-state index in [2.05, 4.69) is 38.1 Å². The van der Waals surface area contributed by atoms with Gasteiger partial charge in [-0.2, -0.15) is 0 Å². The van der Waals surface area contributed by atoms with Crippen LogP contribution in [0.5, 0.6) is 5.75 Å². The van der Waals surface area contributed by atoms with Crippen LogP contribution in [0.4, 0.5) is 0 Å². The first-order valence-corrected chi connectivity index (χ1v) is 12.5. The topological polar surface area (TPSA) is 9.23 Å². The van der Waals surface area contributed by atoms with E-state index in [9.17, 15) is 0 Å². The van der Waals surface area contributed by atoms with Gasteiger partial charge in [-0.1, -0.05) is 77.3 Å². The Kier molecular flexibility index (Phi) is 9.22. The Morgan fingerprint density at radius 1 is 0.714 bits per heavy atom. The van der Waals surface area contributed by atoms with Crippen LogP contribution in [-0.4, -0.2) is 6.61 Å². The standard InChI is InChI=1S/C27H44O/c1-3-5-7-23-9-11-24(12-10-23)8-6-21-28-27-19-17-26(18-20-27)25-15-13-22(4-2)14-16-25/h17-20,22-25H,3-16,21H2,1-2H3. The molecule has 2 fully saturated rings. The van der Waals surface area contributed by atoms with Crippen LogP contribution in [0.1, 0.15) is 115 Å². The third-order valence-corrected chi connectivity index (χ3v) is 7.73. The van der Waals surface area contributed by atoms with Gasteiger partial charge in [0.15, 0.2) is 0 Å². The van der Waals surface area contributed by atoms with Gasteiger partial charge in [0.25, 0.3) is 0 Å². The lowest BCUT2D eigenvalue weighted by molar-refractivity contribution is 0.228. The molecule has 0 saturated heterocycles. The molecule has 2 aliphatic rings. The van der Waals surface area contributed by atoms with E-state index in [1.165, 1.54) is 95.5 Å². The maximum absolute atomic E-state index is 6.05. The van der Waals surface area contributed by atoms with E-state index in [0.29, 0.717) is 0 Å². The molecule has 0 heterocycles. The van der Waals surface area contributed by atoms with Gasteiger partial charge in [0.1, 0.15) is 5.75 Å². The molecule has 0 bridgehead atoms. The third kappa shape index (κ3) is 6.82. The molecule has 1 aromatic carbocycles. The second-order valence-electron chi connectivity index (χ2n) is 9.71. The van der Waals surface area contributed by atoms with E-state index in [1.54, 1.807) is 0 Å². The smallest absolute Gasteiger partial charge is 0.119 e. The Balaban J connectivity index is 1.29. The zero-order valence-corrected chi connectivity index (χ0v) is 18.6. The monoisotopic (exact) mass is 384 g/mol. The summed E-state index contributed by atoms with van der Waals surface area (Å²) in [5, 5.41) is 0. The van der Waals surface area contributed by atoms with E-state index in [1.807, 2.05) is 0 Å². The second kappa shape index (κ2) is 11.9. The molecule has 0 unspecified atom stereocenters. The number of ether oxygens (including phenoxy) is 1. The van der Waals surface area contributed by atoms with Crippen LogP contribution in [0.15, 0.2) is 24.3 Å². The van der Waals surface area contributed by atoms with Crippen molar-refractivity contribution in [1.29, 1.82) is 0 Å². The molecule has 2 aliphatic carbocycles. The average molecular weight is 385 g/mol. The van der Waals surface area contributed by atoms with E-state index in [4.69, 9.17) is 4.74 Å². The van der Waals surface area contributed by atoms with Crippen LogP contribution in [0.3, 0.4) is 0 Å². The lowest BCUT2D eigenvalue weighted by Crippen LogP contribution is -2.15. The Hall–Kier alpha value is -0.980. The summed E-state index contributed by atoms with van der Waals surface area (Å²) in [6.07, 6.45) is 19.7. The zero-order valence-electron chi connectivity index (χ0n) is 18.6. The molecular weight excluding hydrogens is 340 g/mol. The van der Waals surface area contributed by atoms with Gasteiger partial charge in [-0.3, -0.25) is 0 Å². The summed E-state index contributed by atoms with van der Waals surface area (Å²) in [5.74, 6) is 4.81. The largest absolute Gasteiger partial charge is 0.494 e. The highest BCUT2D eigenvalue weighted by Gasteiger charge is 2.22. The number of hydrogen-bond donors (Lipinski definition) is 0. The molecule has 1 aromatic rings. The summed E-state index contributed by atoms with van der Waals surface area (Å²) < 4.78 is 6.05.